The van der Waals surface area contributed by atoms with Crippen LogP contribution in [0.3, 0.4) is 0 Å². The van der Waals surface area contributed by atoms with Gasteiger partial charge in [0.05, 0.1) is 22.1 Å². The molecule has 3 aromatic rings. The molecular formula is C25H20N2O6S. The third-order valence-corrected chi connectivity index (χ3v) is 5.78. The van der Waals surface area contributed by atoms with E-state index in [1.54, 1.807) is 60.7 Å². The summed E-state index contributed by atoms with van der Waals surface area (Å²) in [6.07, 6.45) is 1.65. The van der Waals surface area contributed by atoms with E-state index in [1.165, 1.54) is 12.1 Å². The van der Waals surface area contributed by atoms with Gasteiger partial charge in [-0.15, -0.1) is 0 Å². The molecule has 1 heterocycles. The largest absolute Gasteiger partial charge is 0.490 e. The van der Waals surface area contributed by atoms with Crippen LogP contribution in [-0.2, 0) is 11.4 Å². The highest BCUT2D eigenvalue weighted by Crippen LogP contribution is 2.37. The molecule has 1 aliphatic heterocycles. The first-order valence-corrected chi connectivity index (χ1v) is 11.2. The van der Waals surface area contributed by atoms with E-state index in [0.29, 0.717) is 34.3 Å². The number of hydrogen-bond donors (Lipinski definition) is 0. The third-order valence-electron chi connectivity index (χ3n) is 4.91. The van der Waals surface area contributed by atoms with Crippen LogP contribution >= 0.6 is 11.8 Å². The van der Waals surface area contributed by atoms with Gasteiger partial charge in [0.1, 0.15) is 6.61 Å². The van der Waals surface area contributed by atoms with Crippen LogP contribution in [0.15, 0.2) is 77.7 Å². The maximum Gasteiger partial charge on any atom is 0.298 e. The van der Waals surface area contributed by atoms with Crippen LogP contribution in [0.25, 0.3) is 6.08 Å². The number of nitro groups is 1. The van der Waals surface area contributed by atoms with Gasteiger partial charge in [-0.3, -0.25) is 19.7 Å². The zero-order chi connectivity index (χ0) is 24.1. The second kappa shape index (κ2) is 10.2. The van der Waals surface area contributed by atoms with Crippen molar-refractivity contribution in [2.45, 2.75) is 13.5 Å². The Balaban J connectivity index is 1.52. The number of carbonyl (C=O) groups excluding carboxylic acids is 2. The summed E-state index contributed by atoms with van der Waals surface area (Å²) in [6, 6.07) is 20.1. The third kappa shape index (κ3) is 5.10. The predicted octanol–water partition coefficient (Wildman–Crippen LogP) is 5.81. The minimum atomic E-state index is -0.453. The van der Waals surface area contributed by atoms with Gasteiger partial charge in [0.2, 0.25) is 0 Å². The molecule has 9 heteroatoms. The van der Waals surface area contributed by atoms with Gasteiger partial charge in [0.15, 0.2) is 11.5 Å². The standard InChI is InChI=1S/C25H20N2O6S/c1-2-32-22-14-18(10-13-21(22)33-16-17-8-11-20(12-9-17)27(30)31)15-23-24(28)26(25(29)34-23)19-6-4-3-5-7-19/h3-15H,2,16H2,1H3/b23-15-. The van der Waals surface area contributed by atoms with Gasteiger partial charge in [-0.25, -0.2) is 4.90 Å². The molecule has 172 valence electrons. The molecule has 1 fully saturated rings. The van der Waals surface area contributed by atoms with Crippen molar-refractivity contribution >= 4 is 40.4 Å². The number of carbonyl (C=O) groups is 2. The molecule has 1 aliphatic rings. The quantitative estimate of drug-likeness (QED) is 0.230. The van der Waals surface area contributed by atoms with Crippen molar-refractivity contribution in [1.82, 2.24) is 0 Å². The summed E-state index contributed by atoms with van der Waals surface area (Å²) in [4.78, 5) is 37.1. The molecule has 0 aromatic heterocycles. The molecule has 0 radical (unpaired) electrons. The normalized spacial score (nSPS) is 14.5. The first-order valence-electron chi connectivity index (χ1n) is 10.4. The monoisotopic (exact) mass is 476 g/mol. The summed E-state index contributed by atoms with van der Waals surface area (Å²) in [7, 11) is 0. The number of amides is 2. The first kappa shape index (κ1) is 23.1. The summed E-state index contributed by atoms with van der Waals surface area (Å²) in [5.41, 5.74) is 1.99. The van der Waals surface area contributed by atoms with Crippen molar-refractivity contribution in [1.29, 1.82) is 0 Å². The molecule has 34 heavy (non-hydrogen) atoms. The molecule has 0 spiro atoms. The molecule has 3 aromatic carbocycles. The lowest BCUT2D eigenvalue weighted by Gasteiger charge is -2.13. The summed E-state index contributed by atoms with van der Waals surface area (Å²) < 4.78 is 11.6. The minimum Gasteiger partial charge on any atom is -0.490 e. The second-order valence-electron chi connectivity index (χ2n) is 7.20. The highest BCUT2D eigenvalue weighted by Gasteiger charge is 2.36. The number of ether oxygens (including phenoxy) is 2. The number of imide groups is 1. The van der Waals surface area contributed by atoms with Crippen LogP contribution in [-0.4, -0.2) is 22.7 Å². The van der Waals surface area contributed by atoms with Gasteiger partial charge in [-0.1, -0.05) is 24.3 Å². The topological polar surface area (TPSA) is 99.0 Å². The Hall–Kier alpha value is -4.11. The van der Waals surface area contributed by atoms with Crippen molar-refractivity contribution in [2.24, 2.45) is 0 Å². The molecule has 0 bridgehead atoms. The number of thioether (sulfide) groups is 1. The maximum absolute atomic E-state index is 12.8. The number of non-ortho nitro benzene ring substituents is 1. The average Bonchev–Trinajstić information content (AvgIpc) is 3.12. The number of nitro benzene ring substituents is 1. The van der Waals surface area contributed by atoms with Gasteiger partial charge in [-0.2, -0.15) is 0 Å². The van der Waals surface area contributed by atoms with E-state index in [1.807, 2.05) is 13.0 Å². The lowest BCUT2D eigenvalue weighted by molar-refractivity contribution is -0.384. The van der Waals surface area contributed by atoms with Crippen molar-refractivity contribution < 1.29 is 24.0 Å². The molecule has 4 rings (SSSR count). The zero-order valence-electron chi connectivity index (χ0n) is 18.2. The van der Waals surface area contributed by atoms with Gasteiger partial charge in [-0.05, 0) is 72.3 Å². The number of nitrogens with zero attached hydrogens (tertiary/aromatic N) is 2. The molecule has 0 unspecified atom stereocenters. The molecule has 1 saturated heterocycles. The first-order chi connectivity index (χ1) is 16.5. The summed E-state index contributed by atoms with van der Waals surface area (Å²) >= 11 is 0.884. The van der Waals surface area contributed by atoms with E-state index >= 15 is 0 Å². The molecular weight excluding hydrogens is 456 g/mol. The molecule has 2 amide bonds. The van der Waals surface area contributed by atoms with Crippen molar-refractivity contribution in [3.8, 4) is 11.5 Å². The molecule has 8 nitrogen and oxygen atoms in total. The van der Waals surface area contributed by atoms with Crippen molar-refractivity contribution in [3.63, 3.8) is 0 Å². The Morgan fingerprint density at radius 2 is 1.71 bits per heavy atom. The summed E-state index contributed by atoms with van der Waals surface area (Å²) in [5, 5.41) is 10.5. The highest BCUT2D eigenvalue weighted by atomic mass is 32.2. The Morgan fingerprint density at radius 1 is 0.971 bits per heavy atom. The van der Waals surface area contributed by atoms with E-state index in [4.69, 9.17) is 9.47 Å². The van der Waals surface area contributed by atoms with Crippen molar-refractivity contribution in [3.05, 3.63) is 98.9 Å². The Kier molecular flexibility index (Phi) is 6.93. The van der Waals surface area contributed by atoms with E-state index in [9.17, 15) is 19.7 Å². The van der Waals surface area contributed by atoms with Crippen LogP contribution in [0, 0.1) is 10.1 Å². The summed E-state index contributed by atoms with van der Waals surface area (Å²) in [6.45, 7) is 2.45. The zero-order valence-corrected chi connectivity index (χ0v) is 19.0. The predicted molar refractivity (Wildman–Crippen MR) is 130 cm³/mol. The van der Waals surface area contributed by atoms with Crippen molar-refractivity contribution in [2.75, 3.05) is 11.5 Å². The van der Waals surface area contributed by atoms with Gasteiger partial charge < -0.3 is 9.47 Å². The van der Waals surface area contributed by atoms with Gasteiger partial charge in [0, 0.05) is 12.1 Å². The molecule has 0 N–H and O–H groups in total. The number of rotatable bonds is 8. The Bertz CT molecular complexity index is 1260. The number of benzene rings is 3. The molecule has 0 aliphatic carbocycles. The van der Waals surface area contributed by atoms with Crippen LogP contribution in [0.5, 0.6) is 11.5 Å². The van der Waals surface area contributed by atoms with Gasteiger partial charge in [0.25, 0.3) is 16.8 Å². The van der Waals surface area contributed by atoms with E-state index in [2.05, 4.69) is 0 Å². The van der Waals surface area contributed by atoms with Crippen LogP contribution in [0.2, 0.25) is 0 Å². The molecule has 0 atom stereocenters. The van der Waals surface area contributed by atoms with Crippen LogP contribution in [0.4, 0.5) is 16.2 Å². The summed E-state index contributed by atoms with van der Waals surface area (Å²) in [5.74, 6) is 0.604. The lowest BCUT2D eigenvalue weighted by Crippen LogP contribution is -2.27. The fraction of sp³-hybridized carbons (Fsp3) is 0.120. The smallest absolute Gasteiger partial charge is 0.298 e. The van der Waals surface area contributed by atoms with Crippen LogP contribution < -0.4 is 14.4 Å². The lowest BCUT2D eigenvalue weighted by atomic mass is 10.1. The fourth-order valence-electron chi connectivity index (χ4n) is 3.30. The fourth-order valence-corrected chi connectivity index (χ4v) is 4.14. The Labute approximate surface area is 199 Å². The number of hydrogen-bond acceptors (Lipinski definition) is 7. The Morgan fingerprint density at radius 3 is 2.38 bits per heavy atom. The van der Waals surface area contributed by atoms with E-state index in [-0.39, 0.29) is 23.4 Å². The maximum atomic E-state index is 12.8. The highest BCUT2D eigenvalue weighted by molar-refractivity contribution is 8.19. The van der Waals surface area contributed by atoms with Gasteiger partial charge >= 0.3 is 0 Å². The average molecular weight is 477 g/mol. The SMILES string of the molecule is CCOc1cc(/C=C2\SC(=O)N(c3ccccc3)C2=O)ccc1OCc1ccc([N+](=O)[O-])cc1. The minimum absolute atomic E-state index is 0.0137. The van der Waals surface area contributed by atoms with E-state index < -0.39 is 4.92 Å². The van der Waals surface area contributed by atoms with E-state index in [0.717, 1.165) is 22.2 Å². The second-order valence-corrected chi connectivity index (χ2v) is 8.20. The number of anilines is 1. The molecule has 0 saturated carbocycles. The number of para-hydroxylation sites is 1. The van der Waals surface area contributed by atoms with Crippen LogP contribution in [0.1, 0.15) is 18.1 Å².